The van der Waals surface area contributed by atoms with Crippen molar-refractivity contribution >= 4 is 29.1 Å². The largest absolute Gasteiger partial charge is 0.497 e. The van der Waals surface area contributed by atoms with Crippen molar-refractivity contribution in [2.75, 3.05) is 60.2 Å². The monoisotopic (exact) mass is 556 g/mol. The first-order chi connectivity index (χ1) is 18.8. The summed E-state index contributed by atoms with van der Waals surface area (Å²) >= 11 is 6.51. The van der Waals surface area contributed by atoms with Gasteiger partial charge in [0.05, 0.1) is 39.2 Å². The van der Waals surface area contributed by atoms with Gasteiger partial charge in [-0.25, -0.2) is 5.01 Å². The Morgan fingerprint density at radius 2 is 1.87 bits per heavy atom. The summed E-state index contributed by atoms with van der Waals surface area (Å²) in [6.07, 6.45) is 0.435. The molecule has 1 unspecified atom stereocenters. The second-order valence-corrected chi connectivity index (χ2v) is 10.4. The van der Waals surface area contributed by atoms with Gasteiger partial charge in [0.1, 0.15) is 18.0 Å². The lowest BCUT2D eigenvalue weighted by atomic mass is 9.97. The first-order valence-electron chi connectivity index (χ1n) is 13.3. The van der Waals surface area contributed by atoms with Crippen LogP contribution in [0.15, 0.2) is 47.6 Å². The molecule has 1 atom stereocenters. The number of ether oxygens (including phenoxy) is 3. The highest BCUT2D eigenvalue weighted by Gasteiger charge is 2.37. The van der Waals surface area contributed by atoms with E-state index >= 15 is 0 Å². The van der Waals surface area contributed by atoms with E-state index in [0.29, 0.717) is 55.0 Å². The molecule has 2 aromatic carbocycles. The molecule has 9 nitrogen and oxygen atoms in total. The number of hydrogen-bond acceptors (Lipinski definition) is 7. The van der Waals surface area contributed by atoms with Crippen molar-refractivity contribution in [2.24, 2.45) is 11.0 Å². The Labute approximate surface area is 235 Å². The number of amides is 2. The SMILES string of the molecule is COc1ccc(OC)c(C2CC(c3ccccc3Cl)=NN2C(=O)CN(CCN2CCOCC2)C(=O)C(C)C)c1. The van der Waals surface area contributed by atoms with Gasteiger partial charge in [0.2, 0.25) is 5.91 Å². The fourth-order valence-corrected chi connectivity index (χ4v) is 5.14. The van der Waals surface area contributed by atoms with Gasteiger partial charge in [-0.05, 0) is 24.3 Å². The minimum atomic E-state index is -0.455. The van der Waals surface area contributed by atoms with Crippen molar-refractivity contribution in [2.45, 2.75) is 26.3 Å². The molecule has 2 aromatic rings. The molecule has 2 aliphatic heterocycles. The zero-order valence-electron chi connectivity index (χ0n) is 23.1. The Morgan fingerprint density at radius 3 is 2.54 bits per heavy atom. The van der Waals surface area contributed by atoms with Crippen LogP contribution in [0.5, 0.6) is 11.5 Å². The highest BCUT2D eigenvalue weighted by atomic mass is 35.5. The smallest absolute Gasteiger partial charge is 0.262 e. The Hall–Kier alpha value is -3.14. The highest BCUT2D eigenvalue weighted by Crippen LogP contribution is 2.40. The summed E-state index contributed by atoms with van der Waals surface area (Å²) in [5.41, 5.74) is 2.23. The summed E-state index contributed by atoms with van der Waals surface area (Å²) in [6, 6.07) is 12.5. The number of halogens is 1. The lowest BCUT2D eigenvalue weighted by Gasteiger charge is -2.32. The Kier molecular flexibility index (Phi) is 9.83. The molecule has 0 spiro atoms. The van der Waals surface area contributed by atoms with Crippen LogP contribution in [-0.4, -0.2) is 92.5 Å². The molecule has 0 saturated carbocycles. The van der Waals surface area contributed by atoms with Gasteiger partial charge in [-0.3, -0.25) is 14.5 Å². The molecule has 10 heteroatoms. The fraction of sp³-hybridized carbons (Fsp3) is 0.483. The fourth-order valence-electron chi connectivity index (χ4n) is 4.90. The molecular weight excluding hydrogens is 520 g/mol. The lowest BCUT2D eigenvalue weighted by molar-refractivity contribution is -0.143. The van der Waals surface area contributed by atoms with Crippen molar-refractivity contribution in [1.29, 1.82) is 0 Å². The molecule has 0 radical (unpaired) electrons. The summed E-state index contributed by atoms with van der Waals surface area (Å²) in [4.78, 5) is 31.0. The summed E-state index contributed by atoms with van der Waals surface area (Å²) in [7, 11) is 3.19. The summed E-state index contributed by atoms with van der Waals surface area (Å²) in [5.74, 6) is 0.685. The Balaban J connectivity index is 1.64. The third-order valence-electron chi connectivity index (χ3n) is 7.07. The predicted molar refractivity (Wildman–Crippen MR) is 150 cm³/mol. The molecule has 0 N–H and O–H groups in total. The zero-order chi connectivity index (χ0) is 27.9. The van der Waals surface area contributed by atoms with Crippen molar-refractivity contribution < 1.29 is 23.8 Å². The maximum absolute atomic E-state index is 13.9. The minimum absolute atomic E-state index is 0.0679. The van der Waals surface area contributed by atoms with Gasteiger partial charge in [0.15, 0.2) is 0 Å². The van der Waals surface area contributed by atoms with Gasteiger partial charge < -0.3 is 19.1 Å². The second-order valence-electron chi connectivity index (χ2n) is 9.96. The molecule has 2 heterocycles. The third kappa shape index (κ3) is 6.90. The number of carbonyl (C=O) groups is 2. The predicted octanol–water partition coefficient (Wildman–Crippen LogP) is 3.85. The topological polar surface area (TPSA) is 83.9 Å². The van der Waals surface area contributed by atoms with Crippen LogP contribution in [0.2, 0.25) is 5.02 Å². The molecule has 2 aliphatic rings. The second kappa shape index (κ2) is 13.3. The van der Waals surface area contributed by atoms with E-state index in [2.05, 4.69) is 4.90 Å². The van der Waals surface area contributed by atoms with Crippen LogP contribution in [0, 0.1) is 5.92 Å². The number of hydrogen-bond donors (Lipinski definition) is 0. The van der Waals surface area contributed by atoms with Crippen molar-refractivity contribution in [3.05, 3.63) is 58.6 Å². The van der Waals surface area contributed by atoms with Gasteiger partial charge in [-0.1, -0.05) is 43.6 Å². The van der Waals surface area contributed by atoms with E-state index in [1.165, 1.54) is 5.01 Å². The van der Waals surface area contributed by atoms with Crippen LogP contribution in [-0.2, 0) is 14.3 Å². The van der Waals surface area contributed by atoms with E-state index < -0.39 is 6.04 Å². The lowest BCUT2D eigenvalue weighted by Crippen LogP contribution is -2.47. The standard InChI is InChI=1S/C29H37ClN4O5/c1-20(2)29(36)33(12-11-32-13-15-39-16-14-32)19-28(35)34-26(23-17-21(37-3)9-10-27(23)38-4)18-25(31-34)22-7-5-6-8-24(22)30/h5-10,17,20,26H,11-16,18-19H2,1-4H3. The number of morpholine rings is 1. The number of hydrazone groups is 1. The van der Waals surface area contributed by atoms with Crippen LogP contribution < -0.4 is 9.47 Å². The molecule has 4 rings (SSSR count). The van der Waals surface area contributed by atoms with Crippen LogP contribution in [0.3, 0.4) is 0 Å². The molecule has 1 saturated heterocycles. The third-order valence-corrected chi connectivity index (χ3v) is 7.40. The van der Waals surface area contributed by atoms with E-state index in [0.717, 1.165) is 24.2 Å². The molecule has 39 heavy (non-hydrogen) atoms. The van der Waals surface area contributed by atoms with Crippen molar-refractivity contribution in [3.8, 4) is 11.5 Å². The van der Waals surface area contributed by atoms with Gasteiger partial charge in [-0.15, -0.1) is 0 Å². The summed E-state index contributed by atoms with van der Waals surface area (Å²) in [5, 5.41) is 6.81. The van der Waals surface area contributed by atoms with Gasteiger partial charge in [-0.2, -0.15) is 5.10 Å². The molecule has 210 valence electrons. The first kappa shape index (κ1) is 28.9. The van der Waals surface area contributed by atoms with Crippen molar-refractivity contribution in [1.82, 2.24) is 14.8 Å². The summed E-state index contributed by atoms with van der Waals surface area (Å²) < 4.78 is 16.6. The number of rotatable bonds is 10. The van der Waals surface area contributed by atoms with E-state index in [9.17, 15) is 9.59 Å². The van der Waals surface area contributed by atoms with Crippen molar-refractivity contribution in [3.63, 3.8) is 0 Å². The Morgan fingerprint density at radius 1 is 1.13 bits per heavy atom. The van der Waals surface area contributed by atoms with E-state index in [1.807, 2.05) is 50.2 Å². The average Bonchev–Trinajstić information content (AvgIpc) is 3.40. The average molecular weight is 557 g/mol. The molecule has 0 bridgehead atoms. The van der Waals surface area contributed by atoms with Crippen LogP contribution in [0.4, 0.5) is 0 Å². The molecule has 2 amide bonds. The van der Waals surface area contributed by atoms with E-state index in [-0.39, 0.29) is 24.3 Å². The maximum Gasteiger partial charge on any atom is 0.262 e. The number of carbonyl (C=O) groups excluding carboxylic acids is 2. The number of benzene rings is 2. The van der Waals surface area contributed by atoms with E-state index in [4.69, 9.17) is 30.9 Å². The number of methoxy groups -OCH3 is 2. The van der Waals surface area contributed by atoms with Gasteiger partial charge >= 0.3 is 0 Å². The normalized spacial score (nSPS) is 17.7. The zero-order valence-corrected chi connectivity index (χ0v) is 23.8. The van der Waals surface area contributed by atoms with E-state index in [1.54, 1.807) is 25.2 Å². The molecular formula is C29H37ClN4O5. The first-order valence-corrected chi connectivity index (χ1v) is 13.7. The Bertz CT molecular complexity index is 1200. The summed E-state index contributed by atoms with van der Waals surface area (Å²) in [6.45, 7) is 7.72. The van der Waals surface area contributed by atoms with Gasteiger partial charge in [0.25, 0.3) is 5.91 Å². The van der Waals surface area contributed by atoms with Gasteiger partial charge in [0, 0.05) is 54.7 Å². The molecule has 0 aliphatic carbocycles. The molecule has 1 fully saturated rings. The maximum atomic E-state index is 13.9. The number of nitrogens with zero attached hydrogens (tertiary/aromatic N) is 4. The van der Waals surface area contributed by atoms with Crippen LogP contribution in [0.1, 0.15) is 37.4 Å². The minimum Gasteiger partial charge on any atom is -0.497 e. The van der Waals surface area contributed by atoms with Crippen LogP contribution >= 0.6 is 11.6 Å². The molecule has 0 aromatic heterocycles. The highest BCUT2D eigenvalue weighted by molar-refractivity contribution is 6.34. The van der Waals surface area contributed by atoms with Crippen LogP contribution in [0.25, 0.3) is 0 Å². The quantitative estimate of drug-likeness (QED) is 0.442.